The van der Waals surface area contributed by atoms with Crippen LogP contribution in [0.4, 0.5) is 0 Å². The third kappa shape index (κ3) is 6.01. The Labute approximate surface area is 94.8 Å². The van der Waals surface area contributed by atoms with E-state index in [0.29, 0.717) is 13.2 Å². The summed E-state index contributed by atoms with van der Waals surface area (Å²) in [6.07, 6.45) is 0.282. The number of rotatable bonds is 5. The topological polar surface area (TPSA) is 111 Å². The first-order valence-corrected chi connectivity index (χ1v) is 6.77. The van der Waals surface area contributed by atoms with Gasteiger partial charge in [0, 0.05) is 25.6 Å². The van der Waals surface area contributed by atoms with E-state index in [1.54, 1.807) is 0 Å². The number of ether oxygens (including phenoxy) is 1. The molecule has 0 aliphatic carbocycles. The minimum Gasteiger partial charge on any atom is -0.378 e. The van der Waals surface area contributed by atoms with Gasteiger partial charge in [-0.1, -0.05) is 0 Å². The lowest BCUT2D eigenvalue weighted by molar-refractivity contribution is -0.122. The van der Waals surface area contributed by atoms with E-state index < -0.39 is 10.0 Å². The smallest absolute Gasteiger partial charge is 0.221 e. The molecular weight excluding hydrogens is 234 g/mol. The standard InChI is InChI=1S/C8H17N3O4S/c9-16(13,14)4-2-11-8(12)5-7-6-15-3-1-10-7/h7,10H,1-6H2,(H,11,12)(H2,9,13,14). The molecule has 1 saturated heterocycles. The molecule has 1 rings (SSSR count). The van der Waals surface area contributed by atoms with Crippen LogP contribution >= 0.6 is 0 Å². The van der Waals surface area contributed by atoms with Crippen molar-refractivity contribution < 1.29 is 17.9 Å². The molecule has 4 N–H and O–H groups in total. The number of carbonyl (C=O) groups excluding carboxylic acids is 1. The van der Waals surface area contributed by atoms with E-state index in [-0.39, 0.29) is 30.7 Å². The maximum Gasteiger partial charge on any atom is 0.221 e. The largest absolute Gasteiger partial charge is 0.378 e. The summed E-state index contributed by atoms with van der Waals surface area (Å²) in [6.45, 7) is 1.94. The van der Waals surface area contributed by atoms with Crippen LogP contribution in [0.15, 0.2) is 0 Å². The highest BCUT2D eigenvalue weighted by atomic mass is 32.2. The summed E-state index contributed by atoms with van der Waals surface area (Å²) in [5.41, 5.74) is 0. The first-order chi connectivity index (χ1) is 7.47. The zero-order valence-corrected chi connectivity index (χ0v) is 9.76. The van der Waals surface area contributed by atoms with Gasteiger partial charge in [0.1, 0.15) is 0 Å². The Morgan fingerprint density at radius 2 is 2.31 bits per heavy atom. The number of hydrogen-bond acceptors (Lipinski definition) is 5. The van der Waals surface area contributed by atoms with Gasteiger partial charge in [0.15, 0.2) is 0 Å². The molecule has 7 nitrogen and oxygen atoms in total. The van der Waals surface area contributed by atoms with E-state index >= 15 is 0 Å². The molecule has 8 heteroatoms. The van der Waals surface area contributed by atoms with Gasteiger partial charge in [-0.3, -0.25) is 4.79 Å². The van der Waals surface area contributed by atoms with E-state index in [1.807, 2.05) is 0 Å². The number of carbonyl (C=O) groups is 1. The van der Waals surface area contributed by atoms with Crippen LogP contribution in [0.1, 0.15) is 6.42 Å². The van der Waals surface area contributed by atoms with Crippen molar-refractivity contribution in [2.45, 2.75) is 12.5 Å². The molecule has 16 heavy (non-hydrogen) atoms. The average molecular weight is 251 g/mol. The van der Waals surface area contributed by atoms with Crippen LogP contribution in [-0.2, 0) is 19.6 Å². The maximum atomic E-state index is 11.4. The summed E-state index contributed by atoms with van der Waals surface area (Å²) in [5, 5.41) is 10.4. The van der Waals surface area contributed by atoms with Crippen molar-refractivity contribution in [3.63, 3.8) is 0 Å². The van der Waals surface area contributed by atoms with Gasteiger partial charge < -0.3 is 15.4 Å². The Kier molecular flexibility index (Phi) is 5.13. The molecule has 0 aromatic heterocycles. The van der Waals surface area contributed by atoms with Gasteiger partial charge in [-0.25, -0.2) is 13.6 Å². The van der Waals surface area contributed by atoms with E-state index in [4.69, 9.17) is 9.88 Å². The van der Waals surface area contributed by atoms with Gasteiger partial charge >= 0.3 is 0 Å². The van der Waals surface area contributed by atoms with Gasteiger partial charge in [-0.2, -0.15) is 0 Å². The van der Waals surface area contributed by atoms with Crippen molar-refractivity contribution in [1.29, 1.82) is 0 Å². The number of nitrogens with one attached hydrogen (secondary N) is 2. The molecular formula is C8H17N3O4S. The van der Waals surface area contributed by atoms with Crippen molar-refractivity contribution in [2.24, 2.45) is 5.14 Å². The van der Waals surface area contributed by atoms with Crippen molar-refractivity contribution >= 4 is 15.9 Å². The Morgan fingerprint density at radius 3 is 2.88 bits per heavy atom. The zero-order valence-electron chi connectivity index (χ0n) is 8.94. The Hall–Kier alpha value is -0.700. The summed E-state index contributed by atoms with van der Waals surface area (Å²) in [7, 11) is -3.51. The molecule has 1 atom stereocenters. The zero-order chi connectivity index (χ0) is 12.0. The summed E-state index contributed by atoms with van der Waals surface area (Å²) in [4.78, 5) is 11.4. The molecule has 0 aromatic carbocycles. The van der Waals surface area contributed by atoms with E-state index in [1.165, 1.54) is 0 Å². The lowest BCUT2D eigenvalue weighted by Crippen LogP contribution is -2.44. The van der Waals surface area contributed by atoms with Gasteiger partial charge in [0.2, 0.25) is 15.9 Å². The number of morpholine rings is 1. The number of nitrogens with two attached hydrogens (primary N) is 1. The number of hydrogen-bond donors (Lipinski definition) is 3. The molecule has 0 spiro atoms. The molecule has 0 bridgehead atoms. The van der Waals surface area contributed by atoms with Crippen LogP contribution in [0, 0.1) is 0 Å². The minimum absolute atomic E-state index is 0.00299. The normalized spacial score (nSPS) is 21.7. The number of amides is 1. The van der Waals surface area contributed by atoms with Crippen molar-refractivity contribution in [3.05, 3.63) is 0 Å². The Morgan fingerprint density at radius 1 is 1.56 bits per heavy atom. The van der Waals surface area contributed by atoms with Crippen LogP contribution in [0.2, 0.25) is 0 Å². The summed E-state index contributed by atoms with van der Waals surface area (Å²) >= 11 is 0. The van der Waals surface area contributed by atoms with Crippen molar-refractivity contribution in [2.75, 3.05) is 32.1 Å². The Balaban J connectivity index is 2.15. The van der Waals surface area contributed by atoms with Gasteiger partial charge in [0.05, 0.1) is 19.0 Å². The molecule has 0 radical (unpaired) electrons. The third-order valence-electron chi connectivity index (χ3n) is 2.14. The summed E-state index contributed by atoms with van der Waals surface area (Å²) < 4.78 is 26.4. The second-order valence-corrected chi connectivity index (χ2v) is 5.38. The number of primary sulfonamides is 1. The van der Waals surface area contributed by atoms with E-state index in [9.17, 15) is 13.2 Å². The second kappa shape index (κ2) is 6.14. The van der Waals surface area contributed by atoms with E-state index in [0.717, 1.165) is 6.54 Å². The highest BCUT2D eigenvalue weighted by molar-refractivity contribution is 7.89. The quantitative estimate of drug-likeness (QED) is 0.512. The number of sulfonamides is 1. The maximum absolute atomic E-state index is 11.4. The van der Waals surface area contributed by atoms with Crippen LogP contribution in [0.5, 0.6) is 0 Å². The molecule has 1 aliphatic rings. The highest BCUT2D eigenvalue weighted by Crippen LogP contribution is 1.97. The molecule has 1 heterocycles. The molecule has 1 aliphatic heterocycles. The summed E-state index contributed by atoms with van der Waals surface area (Å²) in [6, 6.07) is 0.00299. The molecule has 1 amide bonds. The predicted molar refractivity (Wildman–Crippen MR) is 58.2 cm³/mol. The molecule has 1 fully saturated rings. The summed E-state index contributed by atoms with van der Waals surface area (Å²) in [5.74, 6) is -0.445. The second-order valence-electron chi connectivity index (χ2n) is 3.65. The van der Waals surface area contributed by atoms with Crippen LogP contribution in [0.25, 0.3) is 0 Å². The van der Waals surface area contributed by atoms with Gasteiger partial charge in [-0.15, -0.1) is 0 Å². The fourth-order valence-electron chi connectivity index (χ4n) is 1.38. The minimum atomic E-state index is -3.51. The SMILES string of the molecule is NS(=O)(=O)CCNC(=O)CC1COCCN1. The molecule has 0 saturated carbocycles. The lowest BCUT2D eigenvalue weighted by Gasteiger charge is -2.23. The van der Waals surface area contributed by atoms with Gasteiger partial charge in [-0.05, 0) is 0 Å². The van der Waals surface area contributed by atoms with Crippen molar-refractivity contribution in [3.8, 4) is 0 Å². The lowest BCUT2D eigenvalue weighted by atomic mass is 10.2. The Bertz CT molecular complexity index is 324. The van der Waals surface area contributed by atoms with Crippen LogP contribution < -0.4 is 15.8 Å². The van der Waals surface area contributed by atoms with Crippen molar-refractivity contribution in [1.82, 2.24) is 10.6 Å². The average Bonchev–Trinajstić information content (AvgIpc) is 2.17. The molecule has 94 valence electrons. The van der Waals surface area contributed by atoms with Crippen LogP contribution in [-0.4, -0.2) is 52.4 Å². The fraction of sp³-hybridized carbons (Fsp3) is 0.875. The first-order valence-electron chi connectivity index (χ1n) is 5.06. The molecule has 1 unspecified atom stereocenters. The predicted octanol–water partition coefficient (Wildman–Crippen LogP) is -2.23. The first kappa shape index (κ1) is 13.4. The fourth-order valence-corrected chi connectivity index (χ4v) is 1.77. The third-order valence-corrected chi connectivity index (χ3v) is 2.91. The monoisotopic (exact) mass is 251 g/mol. The molecule has 0 aromatic rings. The van der Waals surface area contributed by atoms with Gasteiger partial charge in [0.25, 0.3) is 0 Å². The van der Waals surface area contributed by atoms with Crippen LogP contribution in [0.3, 0.4) is 0 Å². The highest BCUT2D eigenvalue weighted by Gasteiger charge is 2.16. The van der Waals surface area contributed by atoms with E-state index in [2.05, 4.69) is 10.6 Å².